The Balaban J connectivity index is 1.63. The molecule has 7 nitrogen and oxygen atoms in total. The Morgan fingerprint density at radius 2 is 2.10 bits per heavy atom. The molecular formula is C21H13ClN6OS. The maximum absolute atomic E-state index is 9.78. The number of anilines is 1. The smallest absolute Gasteiger partial charge is 0.237 e. The minimum Gasteiger partial charge on any atom is -0.444 e. The Kier molecular flexibility index (Phi) is 5.53. The molecular weight excluding hydrogens is 420 g/mol. The second kappa shape index (κ2) is 8.42. The van der Waals surface area contributed by atoms with Gasteiger partial charge in [0.05, 0.1) is 24.4 Å². The Morgan fingerprint density at radius 3 is 2.77 bits per heavy atom. The maximum Gasteiger partial charge on any atom is 0.237 e. The Labute approximate surface area is 181 Å². The summed E-state index contributed by atoms with van der Waals surface area (Å²) >= 11 is 7.23. The fourth-order valence-corrected chi connectivity index (χ4v) is 3.93. The summed E-state index contributed by atoms with van der Waals surface area (Å²) in [5.74, 6) is 0.985. The molecule has 1 aromatic carbocycles. The van der Waals surface area contributed by atoms with Gasteiger partial charge in [-0.25, -0.2) is 14.8 Å². The number of nitrogens with two attached hydrogens (primary N) is 1. The summed E-state index contributed by atoms with van der Waals surface area (Å²) < 4.78 is 5.56. The number of hydrogen-bond donors (Lipinski definition) is 1. The van der Waals surface area contributed by atoms with Crippen LogP contribution in [-0.2, 0) is 5.75 Å². The molecule has 1 aliphatic rings. The third kappa shape index (κ3) is 3.79. The van der Waals surface area contributed by atoms with E-state index in [1.165, 1.54) is 11.8 Å². The molecule has 146 valence electrons. The molecule has 9 heteroatoms. The maximum atomic E-state index is 9.78. The number of hydrogen-bond acceptors (Lipinski definition) is 7. The predicted molar refractivity (Wildman–Crippen MR) is 117 cm³/mol. The van der Waals surface area contributed by atoms with Crippen molar-refractivity contribution in [3.05, 3.63) is 69.9 Å². The van der Waals surface area contributed by atoms with Crippen molar-refractivity contribution < 1.29 is 4.42 Å². The first-order valence-corrected chi connectivity index (χ1v) is 10.1. The number of thioether (sulfide) groups is 1. The molecule has 2 aromatic heterocycles. The second-order valence-corrected chi connectivity index (χ2v) is 7.62. The number of rotatable bonds is 5. The number of pyridine rings is 1. The highest BCUT2D eigenvalue weighted by Crippen LogP contribution is 2.39. The van der Waals surface area contributed by atoms with Crippen molar-refractivity contribution in [1.29, 1.82) is 5.26 Å². The molecule has 0 spiro atoms. The third-order valence-electron chi connectivity index (χ3n) is 4.32. The lowest BCUT2D eigenvalue weighted by molar-refractivity contribution is 0.573. The van der Waals surface area contributed by atoms with E-state index in [0.717, 1.165) is 5.56 Å². The van der Waals surface area contributed by atoms with Gasteiger partial charge in [-0.15, -0.1) is 0 Å². The van der Waals surface area contributed by atoms with Gasteiger partial charge in [0, 0.05) is 28.1 Å². The molecule has 0 aliphatic carbocycles. The van der Waals surface area contributed by atoms with E-state index in [4.69, 9.17) is 28.3 Å². The van der Waals surface area contributed by atoms with Crippen LogP contribution in [0.15, 0.2) is 51.0 Å². The van der Waals surface area contributed by atoms with E-state index in [1.807, 2.05) is 18.2 Å². The van der Waals surface area contributed by atoms with E-state index in [9.17, 15) is 5.26 Å². The number of nitrogen functional groups attached to an aromatic ring is 1. The van der Waals surface area contributed by atoms with Gasteiger partial charge in [-0.3, -0.25) is 4.99 Å². The van der Waals surface area contributed by atoms with Crippen LogP contribution < -0.4 is 5.73 Å². The molecule has 0 radical (unpaired) electrons. The van der Waals surface area contributed by atoms with Crippen molar-refractivity contribution in [3.8, 4) is 17.5 Å². The lowest BCUT2D eigenvalue weighted by Gasteiger charge is -2.12. The number of nitrogens with zero attached hydrogens (tertiary/aromatic N) is 5. The molecule has 0 atom stereocenters. The van der Waals surface area contributed by atoms with Crippen LogP contribution in [0.1, 0.15) is 16.8 Å². The van der Waals surface area contributed by atoms with E-state index in [-0.39, 0.29) is 11.5 Å². The average molecular weight is 433 g/mol. The summed E-state index contributed by atoms with van der Waals surface area (Å²) in [5.41, 5.74) is 9.18. The molecule has 0 saturated heterocycles. The topological polar surface area (TPSA) is 105 Å². The lowest BCUT2D eigenvalue weighted by atomic mass is 10.0. The van der Waals surface area contributed by atoms with Gasteiger partial charge >= 0.3 is 0 Å². The highest BCUT2D eigenvalue weighted by atomic mass is 35.5. The Bertz CT molecular complexity index is 1260. The van der Waals surface area contributed by atoms with E-state index in [2.05, 4.69) is 25.9 Å². The minimum atomic E-state index is 0.0877. The number of allylic oxidation sites excluding steroid dienone is 1. The van der Waals surface area contributed by atoms with Gasteiger partial charge in [-0.1, -0.05) is 29.4 Å². The van der Waals surface area contributed by atoms with Crippen molar-refractivity contribution in [2.24, 2.45) is 4.99 Å². The first-order chi connectivity index (χ1) is 14.6. The normalized spacial score (nSPS) is 12.4. The fourth-order valence-electron chi connectivity index (χ4n) is 2.94. The van der Waals surface area contributed by atoms with E-state index >= 15 is 0 Å². The number of aromatic nitrogens is 2. The van der Waals surface area contributed by atoms with Gasteiger partial charge in [0.2, 0.25) is 11.6 Å². The summed E-state index contributed by atoms with van der Waals surface area (Å²) in [4.78, 5) is 16.4. The summed E-state index contributed by atoms with van der Waals surface area (Å²) in [7, 11) is 0. The molecule has 0 amide bonds. The van der Waals surface area contributed by atoms with Crippen molar-refractivity contribution in [3.63, 3.8) is 0 Å². The summed E-state index contributed by atoms with van der Waals surface area (Å²) in [6.45, 7) is 7.96. The molecule has 3 aromatic rings. The molecule has 0 saturated carbocycles. The van der Waals surface area contributed by atoms with Gasteiger partial charge in [0.15, 0.2) is 0 Å². The zero-order chi connectivity index (χ0) is 21.1. The SMILES string of the molecule is [C-]#[N+]c1c(N)nc(SCc2coc(-c3ccc(Cl)cc3)n2)c(C#N)c1C1=CCN=C1. The monoisotopic (exact) mass is 432 g/mol. The molecule has 0 bridgehead atoms. The zero-order valence-electron chi connectivity index (χ0n) is 15.5. The molecule has 0 fully saturated rings. The standard InChI is InChI=1S/C21H13ClN6OS/c1-25-18-17(13-6-7-26-9-13)16(8-23)21(28-19(18)24)30-11-15-10-29-20(27-15)12-2-4-14(22)5-3-12/h2-6,9-10H,7,11H2,(H2,24,28). The number of halogens is 1. The lowest BCUT2D eigenvalue weighted by Crippen LogP contribution is -2.02. The van der Waals surface area contributed by atoms with Crippen LogP contribution in [0.3, 0.4) is 0 Å². The summed E-state index contributed by atoms with van der Waals surface area (Å²) in [6.07, 6.45) is 5.07. The number of nitriles is 1. The Morgan fingerprint density at radius 1 is 1.30 bits per heavy atom. The summed E-state index contributed by atoms with van der Waals surface area (Å²) in [6, 6.07) is 9.36. The molecule has 1 aliphatic heterocycles. The quantitative estimate of drug-likeness (QED) is 0.441. The molecule has 2 N–H and O–H groups in total. The second-order valence-electron chi connectivity index (χ2n) is 6.22. The van der Waals surface area contributed by atoms with Crippen molar-refractivity contribution in [2.75, 3.05) is 12.3 Å². The highest BCUT2D eigenvalue weighted by Gasteiger charge is 2.22. The minimum absolute atomic E-state index is 0.0877. The number of aliphatic imine (C=N–C) groups is 1. The van der Waals surface area contributed by atoms with Gasteiger partial charge < -0.3 is 10.2 Å². The van der Waals surface area contributed by atoms with Crippen molar-refractivity contribution in [1.82, 2.24) is 9.97 Å². The van der Waals surface area contributed by atoms with Gasteiger partial charge in [0.1, 0.15) is 23.2 Å². The van der Waals surface area contributed by atoms with E-state index in [1.54, 1.807) is 24.6 Å². The molecule has 3 heterocycles. The molecule has 4 rings (SSSR count). The van der Waals surface area contributed by atoms with Gasteiger partial charge in [0.25, 0.3) is 0 Å². The largest absolute Gasteiger partial charge is 0.444 e. The molecule has 30 heavy (non-hydrogen) atoms. The number of oxazole rings is 1. The van der Waals surface area contributed by atoms with Gasteiger partial charge in [-0.05, 0) is 29.8 Å². The van der Waals surface area contributed by atoms with E-state index in [0.29, 0.717) is 50.6 Å². The summed E-state index contributed by atoms with van der Waals surface area (Å²) in [5, 5.41) is 10.9. The van der Waals surface area contributed by atoms with E-state index < -0.39 is 0 Å². The van der Waals surface area contributed by atoms with Crippen LogP contribution in [0.25, 0.3) is 21.9 Å². The van der Waals surface area contributed by atoms with Crippen molar-refractivity contribution >= 4 is 46.7 Å². The average Bonchev–Trinajstić information content (AvgIpc) is 3.44. The Hall–Kier alpha value is -3.59. The van der Waals surface area contributed by atoms with Crippen LogP contribution in [0.2, 0.25) is 5.02 Å². The number of benzene rings is 1. The van der Waals surface area contributed by atoms with Crippen LogP contribution in [0.5, 0.6) is 0 Å². The fraction of sp³-hybridized carbons (Fsp3) is 0.0952. The van der Waals surface area contributed by atoms with Crippen molar-refractivity contribution in [2.45, 2.75) is 10.8 Å². The molecule has 0 unspecified atom stereocenters. The first kappa shape index (κ1) is 19.7. The zero-order valence-corrected chi connectivity index (χ0v) is 17.0. The van der Waals surface area contributed by atoms with Crippen LogP contribution in [0.4, 0.5) is 11.5 Å². The van der Waals surface area contributed by atoms with Crippen LogP contribution >= 0.6 is 23.4 Å². The van der Waals surface area contributed by atoms with Crippen LogP contribution in [0, 0.1) is 17.9 Å². The van der Waals surface area contributed by atoms with Crippen LogP contribution in [-0.4, -0.2) is 22.7 Å². The van der Waals surface area contributed by atoms with Gasteiger partial charge in [-0.2, -0.15) is 5.26 Å². The predicted octanol–water partition coefficient (Wildman–Crippen LogP) is 5.15. The highest BCUT2D eigenvalue weighted by molar-refractivity contribution is 7.98. The first-order valence-electron chi connectivity index (χ1n) is 8.75. The third-order valence-corrected chi connectivity index (χ3v) is 5.59.